The highest BCUT2D eigenvalue weighted by Gasteiger charge is 2.43. The number of fused-ring (bicyclic) bond motifs is 1. The number of nitrogens with zero attached hydrogens (tertiary/aromatic N) is 2. The van der Waals surface area contributed by atoms with Crippen molar-refractivity contribution < 1.29 is 34.3 Å². The number of amides is 2. The van der Waals surface area contributed by atoms with Crippen molar-refractivity contribution in [1.29, 1.82) is 0 Å². The molecular formula is C13H10N2O8. The van der Waals surface area contributed by atoms with Crippen LogP contribution in [0.25, 0.3) is 0 Å². The van der Waals surface area contributed by atoms with Crippen molar-refractivity contribution in [2.24, 2.45) is 0 Å². The highest BCUT2D eigenvalue weighted by molar-refractivity contribution is 6.22. The lowest BCUT2D eigenvalue weighted by Crippen LogP contribution is -2.45. The third kappa shape index (κ3) is 2.86. The molecule has 10 nitrogen and oxygen atoms in total. The van der Waals surface area contributed by atoms with Gasteiger partial charge in [0.2, 0.25) is 0 Å². The minimum absolute atomic E-state index is 0.151. The third-order valence-corrected chi connectivity index (χ3v) is 3.34. The summed E-state index contributed by atoms with van der Waals surface area (Å²) in [5.74, 6) is -4.72. The first-order valence-corrected chi connectivity index (χ1v) is 6.35. The molecule has 2 rings (SSSR count). The van der Waals surface area contributed by atoms with Gasteiger partial charge in [-0.25, -0.2) is 4.79 Å². The Hall–Kier alpha value is -3.30. The summed E-state index contributed by atoms with van der Waals surface area (Å²) < 4.78 is 0. The number of carboxylic acid groups (broad SMARTS) is 2. The first-order valence-electron chi connectivity index (χ1n) is 6.35. The highest BCUT2D eigenvalue weighted by atomic mass is 16.6. The van der Waals surface area contributed by atoms with Crippen molar-refractivity contribution >= 4 is 29.4 Å². The number of carbonyl (C=O) groups excluding carboxylic acids is 2. The fourth-order valence-electron chi connectivity index (χ4n) is 2.27. The van der Waals surface area contributed by atoms with E-state index in [-0.39, 0.29) is 11.1 Å². The van der Waals surface area contributed by atoms with E-state index in [1.165, 1.54) is 0 Å². The van der Waals surface area contributed by atoms with Gasteiger partial charge in [0.05, 0.1) is 16.1 Å². The Morgan fingerprint density at radius 1 is 1.17 bits per heavy atom. The lowest BCUT2D eigenvalue weighted by Gasteiger charge is -2.21. The Morgan fingerprint density at radius 3 is 2.30 bits per heavy atom. The van der Waals surface area contributed by atoms with Gasteiger partial charge in [-0.15, -0.1) is 0 Å². The number of non-ortho nitro benzene ring substituents is 1. The van der Waals surface area contributed by atoms with Crippen LogP contribution in [-0.4, -0.2) is 49.8 Å². The minimum atomic E-state index is -1.66. The van der Waals surface area contributed by atoms with Crippen molar-refractivity contribution in [1.82, 2.24) is 4.90 Å². The van der Waals surface area contributed by atoms with Crippen molar-refractivity contribution in [3.63, 3.8) is 0 Å². The molecule has 0 fully saturated rings. The van der Waals surface area contributed by atoms with Crippen LogP contribution < -0.4 is 0 Å². The molecule has 1 aromatic rings. The smallest absolute Gasteiger partial charge is 0.326 e. The summed E-state index contributed by atoms with van der Waals surface area (Å²) in [5.41, 5.74) is -0.836. The lowest BCUT2D eigenvalue weighted by atomic mass is 10.1. The molecule has 2 amide bonds. The van der Waals surface area contributed by atoms with Gasteiger partial charge in [0.25, 0.3) is 17.5 Å². The van der Waals surface area contributed by atoms with Crippen LogP contribution in [0.3, 0.4) is 0 Å². The number of hydrogen-bond donors (Lipinski definition) is 2. The van der Waals surface area contributed by atoms with Crippen LogP contribution in [0, 0.1) is 10.1 Å². The second-order valence-electron chi connectivity index (χ2n) is 4.75. The first-order chi connectivity index (χ1) is 10.7. The average molecular weight is 322 g/mol. The molecule has 23 heavy (non-hydrogen) atoms. The maximum Gasteiger partial charge on any atom is 0.326 e. The van der Waals surface area contributed by atoms with E-state index in [9.17, 15) is 29.3 Å². The molecule has 0 aromatic heterocycles. The largest absolute Gasteiger partial charge is 0.481 e. The predicted molar refractivity (Wildman–Crippen MR) is 71.9 cm³/mol. The van der Waals surface area contributed by atoms with Crippen LogP contribution in [0.4, 0.5) is 5.69 Å². The fourth-order valence-corrected chi connectivity index (χ4v) is 2.27. The van der Waals surface area contributed by atoms with Gasteiger partial charge >= 0.3 is 11.9 Å². The quantitative estimate of drug-likeness (QED) is 0.436. The summed E-state index contributed by atoms with van der Waals surface area (Å²) in [6.07, 6.45) is -1.01. The Labute approximate surface area is 128 Å². The molecule has 0 bridgehead atoms. The SMILES string of the molecule is O=C(O)CCC(C(=O)O)N1C(=O)c2ccc([N+](=O)[O-])cc2C1=O. The number of benzene rings is 1. The number of aliphatic carboxylic acids is 2. The molecule has 0 saturated heterocycles. The maximum atomic E-state index is 12.2. The molecule has 1 aliphatic heterocycles. The summed E-state index contributed by atoms with van der Waals surface area (Å²) in [7, 11) is 0. The van der Waals surface area contributed by atoms with Crippen molar-refractivity contribution in [2.75, 3.05) is 0 Å². The lowest BCUT2D eigenvalue weighted by molar-refractivity contribution is -0.384. The number of carboxylic acids is 2. The zero-order chi connectivity index (χ0) is 17.3. The molecule has 1 aromatic carbocycles. The fraction of sp³-hybridized carbons (Fsp3) is 0.231. The zero-order valence-corrected chi connectivity index (χ0v) is 11.5. The van der Waals surface area contributed by atoms with E-state index in [1.807, 2.05) is 0 Å². The second-order valence-corrected chi connectivity index (χ2v) is 4.75. The van der Waals surface area contributed by atoms with Crippen molar-refractivity contribution in [2.45, 2.75) is 18.9 Å². The average Bonchev–Trinajstić information content (AvgIpc) is 2.71. The van der Waals surface area contributed by atoms with E-state index in [4.69, 9.17) is 10.2 Å². The molecule has 0 aliphatic carbocycles. The normalized spacial score (nSPS) is 14.5. The molecule has 1 heterocycles. The van der Waals surface area contributed by atoms with Crippen LogP contribution in [0.1, 0.15) is 33.6 Å². The molecule has 10 heteroatoms. The Balaban J connectivity index is 2.39. The summed E-state index contributed by atoms with van der Waals surface area (Å²) in [6, 6.07) is 1.34. The van der Waals surface area contributed by atoms with Crippen LogP contribution in [0.15, 0.2) is 18.2 Å². The third-order valence-electron chi connectivity index (χ3n) is 3.34. The first kappa shape index (κ1) is 16.1. The van der Waals surface area contributed by atoms with Gasteiger partial charge in [0.15, 0.2) is 0 Å². The van der Waals surface area contributed by atoms with E-state index < -0.39 is 53.2 Å². The van der Waals surface area contributed by atoms with Crippen molar-refractivity contribution in [3.05, 3.63) is 39.4 Å². The summed E-state index contributed by atoms with van der Waals surface area (Å²) >= 11 is 0. The number of rotatable bonds is 6. The van der Waals surface area contributed by atoms with Crippen LogP contribution >= 0.6 is 0 Å². The summed E-state index contributed by atoms with van der Waals surface area (Å²) in [6.45, 7) is 0. The number of nitro benzene ring substituents is 1. The van der Waals surface area contributed by atoms with Crippen LogP contribution in [0.5, 0.6) is 0 Å². The molecule has 0 spiro atoms. The van der Waals surface area contributed by atoms with E-state index in [0.717, 1.165) is 18.2 Å². The molecule has 1 aliphatic rings. The van der Waals surface area contributed by atoms with Crippen LogP contribution in [0.2, 0.25) is 0 Å². The summed E-state index contributed by atoms with van der Waals surface area (Å²) in [5, 5.41) is 28.5. The number of carbonyl (C=O) groups is 4. The Morgan fingerprint density at radius 2 is 1.78 bits per heavy atom. The Kier molecular flexibility index (Phi) is 4.08. The topological polar surface area (TPSA) is 155 Å². The van der Waals surface area contributed by atoms with Gasteiger partial charge in [-0.3, -0.25) is 29.4 Å². The van der Waals surface area contributed by atoms with Gasteiger partial charge in [0, 0.05) is 18.6 Å². The Bertz CT molecular complexity index is 741. The maximum absolute atomic E-state index is 12.2. The molecule has 0 radical (unpaired) electrons. The van der Waals surface area contributed by atoms with Gasteiger partial charge in [-0.1, -0.05) is 0 Å². The molecule has 0 saturated carbocycles. The van der Waals surface area contributed by atoms with E-state index in [0.29, 0.717) is 4.90 Å². The minimum Gasteiger partial charge on any atom is -0.481 e. The van der Waals surface area contributed by atoms with Crippen LogP contribution in [-0.2, 0) is 9.59 Å². The standard InChI is InChI=1S/C13H10N2O8/c16-10(17)4-3-9(13(20)21)14-11(18)7-2-1-6(15(22)23)5-8(7)12(14)19/h1-2,5,9H,3-4H2,(H,16,17)(H,20,21). The number of nitro groups is 1. The van der Waals surface area contributed by atoms with Gasteiger partial charge in [-0.05, 0) is 12.5 Å². The summed E-state index contributed by atoms with van der Waals surface area (Å²) in [4.78, 5) is 56.7. The van der Waals surface area contributed by atoms with Gasteiger partial charge in [-0.2, -0.15) is 0 Å². The highest BCUT2D eigenvalue weighted by Crippen LogP contribution is 2.29. The molecule has 120 valence electrons. The van der Waals surface area contributed by atoms with Crippen molar-refractivity contribution in [3.8, 4) is 0 Å². The molecule has 1 unspecified atom stereocenters. The number of hydrogen-bond acceptors (Lipinski definition) is 6. The second kappa shape index (κ2) is 5.83. The van der Waals surface area contributed by atoms with E-state index in [1.54, 1.807) is 0 Å². The zero-order valence-electron chi connectivity index (χ0n) is 11.5. The van der Waals surface area contributed by atoms with E-state index in [2.05, 4.69) is 0 Å². The predicted octanol–water partition coefficient (Wildman–Crippen LogP) is 0.509. The van der Waals surface area contributed by atoms with Gasteiger partial charge < -0.3 is 10.2 Å². The van der Waals surface area contributed by atoms with E-state index >= 15 is 0 Å². The molecule has 1 atom stereocenters. The molecular weight excluding hydrogens is 312 g/mol. The molecule has 2 N–H and O–H groups in total. The van der Waals surface area contributed by atoms with Gasteiger partial charge in [0.1, 0.15) is 6.04 Å². The number of imide groups is 1. The monoisotopic (exact) mass is 322 g/mol.